The second-order valence-electron chi connectivity index (χ2n) is 3.38. The maximum absolute atomic E-state index is 10.5. The van der Waals surface area contributed by atoms with Gasteiger partial charge in [-0.15, -0.1) is 0 Å². The molecule has 2 rings (SSSR count). The highest BCUT2D eigenvalue weighted by molar-refractivity contribution is 5.82. The molecular weight excluding hydrogens is 190 g/mol. The van der Waals surface area contributed by atoms with Gasteiger partial charge in [0.1, 0.15) is 0 Å². The van der Waals surface area contributed by atoms with Crippen LogP contribution in [-0.2, 0) is 11.2 Å². The molecular formula is C12H11NO2. The van der Waals surface area contributed by atoms with Crippen molar-refractivity contribution in [3.63, 3.8) is 0 Å². The van der Waals surface area contributed by atoms with E-state index in [-0.39, 0.29) is 6.42 Å². The molecule has 0 fully saturated rings. The second kappa shape index (κ2) is 4.09. The van der Waals surface area contributed by atoms with E-state index in [9.17, 15) is 4.79 Å². The van der Waals surface area contributed by atoms with Gasteiger partial charge in [-0.25, -0.2) is 0 Å². The predicted molar refractivity (Wildman–Crippen MR) is 57.7 cm³/mol. The van der Waals surface area contributed by atoms with Crippen LogP contribution in [0.3, 0.4) is 0 Å². The third kappa shape index (κ3) is 2.13. The van der Waals surface area contributed by atoms with E-state index in [2.05, 4.69) is 4.98 Å². The Labute approximate surface area is 87.4 Å². The van der Waals surface area contributed by atoms with E-state index in [0.717, 1.165) is 16.5 Å². The van der Waals surface area contributed by atoms with Crippen molar-refractivity contribution < 1.29 is 9.90 Å². The summed E-state index contributed by atoms with van der Waals surface area (Å²) < 4.78 is 0. The quantitative estimate of drug-likeness (QED) is 0.828. The van der Waals surface area contributed by atoms with Crippen molar-refractivity contribution in [2.24, 2.45) is 0 Å². The Morgan fingerprint density at radius 1 is 1.27 bits per heavy atom. The van der Waals surface area contributed by atoms with Gasteiger partial charge in [-0.05, 0) is 24.1 Å². The molecule has 2 aromatic rings. The first-order valence-electron chi connectivity index (χ1n) is 4.82. The second-order valence-corrected chi connectivity index (χ2v) is 3.38. The molecule has 3 nitrogen and oxygen atoms in total. The van der Waals surface area contributed by atoms with Crippen LogP contribution in [0.4, 0.5) is 0 Å². The number of carboxylic acids is 1. The van der Waals surface area contributed by atoms with Gasteiger partial charge in [0.2, 0.25) is 0 Å². The lowest BCUT2D eigenvalue weighted by Crippen LogP contribution is -1.98. The average molecular weight is 201 g/mol. The third-order valence-corrected chi connectivity index (χ3v) is 2.35. The molecule has 15 heavy (non-hydrogen) atoms. The largest absolute Gasteiger partial charge is 0.481 e. The summed E-state index contributed by atoms with van der Waals surface area (Å²) in [6.07, 6.45) is 2.44. The monoisotopic (exact) mass is 201 g/mol. The lowest BCUT2D eigenvalue weighted by Gasteiger charge is -2.03. The Morgan fingerprint density at radius 3 is 2.87 bits per heavy atom. The Bertz CT molecular complexity index is 488. The highest BCUT2D eigenvalue weighted by Crippen LogP contribution is 2.17. The molecule has 1 N–H and O–H groups in total. The van der Waals surface area contributed by atoms with Gasteiger partial charge in [-0.2, -0.15) is 0 Å². The molecule has 1 aromatic heterocycles. The van der Waals surface area contributed by atoms with Crippen LogP contribution in [-0.4, -0.2) is 16.1 Å². The standard InChI is InChI=1S/C12H11NO2/c14-12(15)6-5-9-7-8-13-11-4-2-1-3-10(9)11/h1-4,7-8H,5-6H2,(H,14,15). The minimum absolute atomic E-state index is 0.161. The summed E-state index contributed by atoms with van der Waals surface area (Å²) in [5, 5.41) is 9.67. The normalized spacial score (nSPS) is 10.4. The highest BCUT2D eigenvalue weighted by atomic mass is 16.4. The van der Waals surface area contributed by atoms with Crippen LogP contribution in [0, 0.1) is 0 Å². The summed E-state index contributed by atoms with van der Waals surface area (Å²) >= 11 is 0. The number of aryl methyl sites for hydroxylation is 1. The summed E-state index contributed by atoms with van der Waals surface area (Å²) in [4.78, 5) is 14.7. The molecule has 0 saturated carbocycles. The molecule has 0 aliphatic carbocycles. The van der Waals surface area contributed by atoms with Crippen molar-refractivity contribution in [2.75, 3.05) is 0 Å². The number of hydrogen-bond donors (Lipinski definition) is 1. The fraction of sp³-hybridized carbons (Fsp3) is 0.167. The van der Waals surface area contributed by atoms with Gasteiger partial charge in [0, 0.05) is 18.0 Å². The Kier molecular flexibility index (Phi) is 2.63. The first-order chi connectivity index (χ1) is 7.27. The molecule has 0 saturated heterocycles. The van der Waals surface area contributed by atoms with Gasteiger partial charge in [-0.3, -0.25) is 9.78 Å². The SMILES string of the molecule is O=C(O)CCc1ccnc2ccccc12. The van der Waals surface area contributed by atoms with Crippen LogP contribution < -0.4 is 0 Å². The van der Waals surface area contributed by atoms with Crippen molar-refractivity contribution in [1.29, 1.82) is 0 Å². The van der Waals surface area contributed by atoms with Crippen LogP contribution in [0.25, 0.3) is 10.9 Å². The fourth-order valence-corrected chi connectivity index (χ4v) is 1.61. The van der Waals surface area contributed by atoms with Gasteiger partial charge < -0.3 is 5.11 Å². The lowest BCUT2D eigenvalue weighted by molar-refractivity contribution is -0.136. The van der Waals surface area contributed by atoms with Gasteiger partial charge in [0.05, 0.1) is 5.52 Å². The molecule has 0 aliphatic rings. The minimum Gasteiger partial charge on any atom is -0.481 e. The number of carbonyl (C=O) groups is 1. The zero-order valence-electron chi connectivity index (χ0n) is 8.18. The molecule has 0 amide bonds. The number of rotatable bonds is 3. The van der Waals surface area contributed by atoms with Crippen molar-refractivity contribution in [3.8, 4) is 0 Å². The number of benzene rings is 1. The van der Waals surface area contributed by atoms with E-state index >= 15 is 0 Å². The molecule has 0 atom stereocenters. The number of pyridine rings is 1. The Morgan fingerprint density at radius 2 is 2.07 bits per heavy atom. The van der Waals surface area contributed by atoms with Crippen LogP contribution in [0.1, 0.15) is 12.0 Å². The maximum atomic E-state index is 10.5. The Balaban J connectivity index is 2.38. The molecule has 0 bridgehead atoms. The number of hydrogen-bond acceptors (Lipinski definition) is 2. The zero-order valence-corrected chi connectivity index (χ0v) is 8.18. The number of fused-ring (bicyclic) bond motifs is 1. The summed E-state index contributed by atoms with van der Waals surface area (Å²) in [5.41, 5.74) is 1.96. The van der Waals surface area contributed by atoms with Crippen molar-refractivity contribution in [3.05, 3.63) is 42.1 Å². The van der Waals surface area contributed by atoms with Gasteiger partial charge in [0.25, 0.3) is 0 Å². The molecule has 0 aliphatic heterocycles. The molecule has 0 unspecified atom stereocenters. The lowest BCUT2D eigenvalue weighted by atomic mass is 10.1. The van der Waals surface area contributed by atoms with Gasteiger partial charge in [-0.1, -0.05) is 18.2 Å². The molecule has 0 spiro atoms. The van der Waals surface area contributed by atoms with Crippen LogP contribution >= 0.6 is 0 Å². The molecule has 76 valence electrons. The zero-order chi connectivity index (χ0) is 10.7. The van der Waals surface area contributed by atoms with Crippen LogP contribution in [0.15, 0.2) is 36.5 Å². The maximum Gasteiger partial charge on any atom is 0.303 e. The number of para-hydroxylation sites is 1. The van der Waals surface area contributed by atoms with E-state index in [1.54, 1.807) is 6.20 Å². The Hall–Kier alpha value is -1.90. The topological polar surface area (TPSA) is 50.2 Å². The number of carboxylic acid groups (broad SMARTS) is 1. The molecule has 1 heterocycles. The third-order valence-electron chi connectivity index (χ3n) is 2.35. The van der Waals surface area contributed by atoms with E-state index in [1.807, 2.05) is 30.3 Å². The summed E-state index contributed by atoms with van der Waals surface area (Å²) in [6, 6.07) is 9.65. The van der Waals surface area contributed by atoms with Crippen molar-refractivity contribution in [1.82, 2.24) is 4.98 Å². The number of aliphatic carboxylic acids is 1. The molecule has 0 radical (unpaired) electrons. The van der Waals surface area contributed by atoms with E-state index in [0.29, 0.717) is 6.42 Å². The average Bonchev–Trinajstić information content (AvgIpc) is 2.26. The molecule has 1 aromatic carbocycles. The van der Waals surface area contributed by atoms with E-state index in [1.165, 1.54) is 0 Å². The predicted octanol–water partition coefficient (Wildman–Crippen LogP) is 2.25. The first kappa shape index (κ1) is 9.65. The van der Waals surface area contributed by atoms with E-state index < -0.39 is 5.97 Å². The van der Waals surface area contributed by atoms with E-state index in [4.69, 9.17) is 5.11 Å². The number of nitrogens with zero attached hydrogens (tertiary/aromatic N) is 1. The summed E-state index contributed by atoms with van der Waals surface area (Å²) in [6.45, 7) is 0. The fourth-order valence-electron chi connectivity index (χ4n) is 1.61. The number of aromatic nitrogens is 1. The molecule has 3 heteroatoms. The first-order valence-corrected chi connectivity index (χ1v) is 4.82. The highest BCUT2D eigenvalue weighted by Gasteiger charge is 2.03. The smallest absolute Gasteiger partial charge is 0.303 e. The summed E-state index contributed by atoms with van der Waals surface area (Å²) in [5.74, 6) is -0.768. The van der Waals surface area contributed by atoms with Crippen LogP contribution in [0.5, 0.6) is 0 Å². The minimum atomic E-state index is -0.768. The van der Waals surface area contributed by atoms with Crippen molar-refractivity contribution in [2.45, 2.75) is 12.8 Å². The van der Waals surface area contributed by atoms with Crippen LogP contribution in [0.2, 0.25) is 0 Å². The summed E-state index contributed by atoms with van der Waals surface area (Å²) in [7, 11) is 0. The van der Waals surface area contributed by atoms with Gasteiger partial charge in [0.15, 0.2) is 0 Å². The van der Waals surface area contributed by atoms with Crippen molar-refractivity contribution >= 4 is 16.9 Å². The van der Waals surface area contributed by atoms with Gasteiger partial charge >= 0.3 is 5.97 Å².